The number of hydrogen-bond acceptors (Lipinski definition) is 3. The Morgan fingerprint density at radius 3 is 2.60 bits per heavy atom. The lowest BCUT2D eigenvalue weighted by Gasteiger charge is -2.58. The van der Waals surface area contributed by atoms with E-state index in [0.29, 0.717) is 30.0 Å². The number of rotatable bonds is 1. The zero-order chi connectivity index (χ0) is 18.2. The maximum Gasteiger partial charge on any atom is 0.163 e. The number of Topliss-reactive ketones (excluding diaryl/α,β-unsaturated/α-hetero) is 1. The van der Waals surface area contributed by atoms with Crippen molar-refractivity contribution in [2.45, 2.75) is 76.1 Å². The second-order valence-electron chi connectivity index (χ2n) is 9.45. The van der Waals surface area contributed by atoms with Crippen LogP contribution in [-0.4, -0.2) is 27.1 Å². The lowest BCUT2D eigenvalue weighted by Crippen LogP contribution is -2.59. The van der Waals surface area contributed by atoms with Crippen LogP contribution in [0, 0.1) is 28.6 Å². The minimum atomic E-state index is -1.25. The molecule has 1 unspecified atom stereocenters. The van der Waals surface area contributed by atoms with Crippen LogP contribution < -0.4 is 0 Å². The smallest absolute Gasteiger partial charge is 0.163 e. The molecular formula is C21H29BrO3. The maximum atomic E-state index is 12.4. The maximum absolute atomic E-state index is 12.4. The Hall–Kier alpha value is -0.480. The highest BCUT2D eigenvalue weighted by atomic mass is 79.9. The van der Waals surface area contributed by atoms with E-state index in [1.54, 1.807) is 6.92 Å². The summed E-state index contributed by atoms with van der Waals surface area (Å²) in [6.07, 6.45) is 8.49. The predicted octanol–water partition coefficient (Wildman–Crippen LogP) is 4.21. The van der Waals surface area contributed by atoms with Gasteiger partial charge in [-0.15, -0.1) is 0 Å². The Balaban J connectivity index is 1.72. The molecule has 1 N–H and O–H groups in total. The number of hydrogen-bond donors (Lipinski definition) is 1. The molecule has 3 nitrogen and oxygen atoms in total. The predicted molar refractivity (Wildman–Crippen MR) is 100 cm³/mol. The minimum absolute atomic E-state index is 0.0938. The average molecular weight is 409 g/mol. The number of ketones is 2. The van der Waals surface area contributed by atoms with Crippen LogP contribution in [0.3, 0.4) is 0 Å². The summed E-state index contributed by atoms with van der Waals surface area (Å²) in [4.78, 5) is 24.2. The number of aliphatic hydroxyl groups is 1. The van der Waals surface area contributed by atoms with Crippen LogP contribution >= 0.6 is 15.9 Å². The molecule has 0 aromatic heterocycles. The molecule has 0 aromatic carbocycles. The molecule has 0 aromatic rings. The van der Waals surface area contributed by atoms with Gasteiger partial charge in [0, 0.05) is 11.8 Å². The van der Waals surface area contributed by atoms with Gasteiger partial charge in [0.1, 0.15) is 5.60 Å². The molecule has 0 spiro atoms. The minimum Gasteiger partial charge on any atom is -0.380 e. The summed E-state index contributed by atoms with van der Waals surface area (Å²) in [6.45, 7) is 6.06. The highest BCUT2D eigenvalue weighted by Crippen LogP contribution is 2.68. The molecule has 0 amide bonds. The van der Waals surface area contributed by atoms with Crippen LogP contribution in [0.4, 0.5) is 0 Å². The van der Waals surface area contributed by atoms with Gasteiger partial charge in [0.05, 0.1) is 4.83 Å². The second-order valence-corrected chi connectivity index (χ2v) is 10.6. The molecule has 7 atom stereocenters. The summed E-state index contributed by atoms with van der Waals surface area (Å²) in [7, 11) is 0. The molecule has 4 aliphatic rings. The fourth-order valence-electron chi connectivity index (χ4n) is 7.16. The Bertz CT molecular complexity index is 670. The molecule has 25 heavy (non-hydrogen) atoms. The van der Waals surface area contributed by atoms with E-state index < -0.39 is 5.60 Å². The van der Waals surface area contributed by atoms with Gasteiger partial charge in [-0.05, 0) is 74.7 Å². The molecule has 3 saturated carbocycles. The highest BCUT2D eigenvalue weighted by molar-refractivity contribution is 9.09. The van der Waals surface area contributed by atoms with E-state index >= 15 is 0 Å². The molecule has 138 valence electrons. The average Bonchev–Trinajstić information content (AvgIpc) is 2.77. The number of fused-ring (bicyclic) bond motifs is 5. The van der Waals surface area contributed by atoms with Crippen molar-refractivity contribution >= 4 is 27.5 Å². The first-order chi connectivity index (χ1) is 11.6. The van der Waals surface area contributed by atoms with Crippen LogP contribution in [0.15, 0.2) is 11.6 Å². The fourth-order valence-corrected chi connectivity index (χ4v) is 8.41. The van der Waals surface area contributed by atoms with Crippen molar-refractivity contribution in [2.75, 3.05) is 0 Å². The molecule has 0 saturated heterocycles. The summed E-state index contributed by atoms with van der Waals surface area (Å²) in [5.74, 6) is 1.69. The van der Waals surface area contributed by atoms with Crippen LogP contribution in [0.1, 0.15) is 65.7 Å². The van der Waals surface area contributed by atoms with E-state index in [1.807, 2.05) is 6.08 Å². The third-order valence-electron chi connectivity index (χ3n) is 8.67. The van der Waals surface area contributed by atoms with Crippen LogP contribution in [0.5, 0.6) is 0 Å². The van der Waals surface area contributed by atoms with E-state index in [2.05, 4.69) is 29.8 Å². The molecule has 0 heterocycles. The fraction of sp³-hybridized carbons (Fsp3) is 0.810. The van der Waals surface area contributed by atoms with Crippen molar-refractivity contribution in [3.8, 4) is 0 Å². The van der Waals surface area contributed by atoms with Gasteiger partial charge >= 0.3 is 0 Å². The third-order valence-corrected chi connectivity index (χ3v) is 9.71. The topological polar surface area (TPSA) is 54.4 Å². The standard InChI is InChI=1S/C21H29BrO3/c1-12(23)21(25)18(22)11-17-15-5-4-13-10-14(24)6-8-19(13,2)16(15)7-9-20(17,21)3/h10,15-18,25H,4-9,11H2,1-3H3/t15-,16+,17+,18?,19+,20+,21-/m1/s1. The van der Waals surface area contributed by atoms with Gasteiger partial charge in [-0.1, -0.05) is 35.4 Å². The van der Waals surface area contributed by atoms with Crippen LogP contribution in [0.25, 0.3) is 0 Å². The second kappa shape index (κ2) is 5.51. The number of halogens is 1. The van der Waals surface area contributed by atoms with E-state index in [9.17, 15) is 14.7 Å². The molecule has 4 heteroatoms. The first-order valence-corrected chi connectivity index (χ1v) is 10.7. The van der Waals surface area contributed by atoms with E-state index in [0.717, 1.165) is 38.5 Å². The molecule has 4 rings (SSSR count). The Labute approximate surface area is 158 Å². The van der Waals surface area contributed by atoms with Crippen LogP contribution in [0.2, 0.25) is 0 Å². The number of carbonyl (C=O) groups is 2. The van der Waals surface area contributed by atoms with Crippen molar-refractivity contribution in [3.63, 3.8) is 0 Å². The molecule has 3 fully saturated rings. The van der Waals surface area contributed by atoms with Crippen molar-refractivity contribution in [3.05, 3.63) is 11.6 Å². The Kier molecular flexibility index (Phi) is 3.95. The zero-order valence-corrected chi connectivity index (χ0v) is 17.1. The Morgan fingerprint density at radius 2 is 1.92 bits per heavy atom. The van der Waals surface area contributed by atoms with Gasteiger partial charge in [-0.2, -0.15) is 0 Å². The molecule has 4 aliphatic carbocycles. The molecular weight excluding hydrogens is 380 g/mol. The van der Waals surface area contributed by atoms with Crippen molar-refractivity contribution < 1.29 is 14.7 Å². The largest absolute Gasteiger partial charge is 0.380 e. The normalized spacial score (nSPS) is 52.0. The van der Waals surface area contributed by atoms with Crippen LogP contribution in [-0.2, 0) is 9.59 Å². The summed E-state index contributed by atoms with van der Waals surface area (Å²) in [6, 6.07) is 0. The first-order valence-electron chi connectivity index (χ1n) is 9.76. The number of carbonyl (C=O) groups excluding carboxylic acids is 2. The van der Waals surface area contributed by atoms with Gasteiger partial charge in [0.2, 0.25) is 0 Å². The monoisotopic (exact) mass is 408 g/mol. The lowest BCUT2D eigenvalue weighted by molar-refractivity contribution is -0.159. The molecule has 0 aliphatic heterocycles. The quantitative estimate of drug-likeness (QED) is 0.660. The van der Waals surface area contributed by atoms with E-state index in [-0.39, 0.29) is 21.4 Å². The van der Waals surface area contributed by atoms with E-state index in [1.165, 1.54) is 5.57 Å². The zero-order valence-electron chi connectivity index (χ0n) is 15.5. The SMILES string of the molecule is CC(=O)[C@@]1(O)C(Br)C[C@H]2[C@@H]3CCC4=CC(=O)CC[C@]4(C)[C@H]3CC[C@@]21C. The summed E-state index contributed by atoms with van der Waals surface area (Å²) in [5, 5.41) is 11.4. The van der Waals surface area contributed by atoms with Crippen molar-refractivity contribution in [1.82, 2.24) is 0 Å². The number of alkyl halides is 1. The van der Waals surface area contributed by atoms with Gasteiger partial charge in [-0.3, -0.25) is 9.59 Å². The lowest BCUT2D eigenvalue weighted by atomic mass is 9.46. The number of allylic oxidation sites excluding steroid dienone is 1. The molecule has 0 bridgehead atoms. The first kappa shape index (κ1) is 17.9. The summed E-state index contributed by atoms with van der Waals surface area (Å²) < 4.78 is 0. The van der Waals surface area contributed by atoms with Gasteiger partial charge in [0.15, 0.2) is 11.6 Å². The summed E-state index contributed by atoms with van der Waals surface area (Å²) in [5.41, 5.74) is -0.0844. The van der Waals surface area contributed by atoms with Gasteiger partial charge in [0.25, 0.3) is 0 Å². The third kappa shape index (κ3) is 2.13. The van der Waals surface area contributed by atoms with Gasteiger partial charge in [-0.25, -0.2) is 0 Å². The summed E-state index contributed by atoms with van der Waals surface area (Å²) >= 11 is 3.67. The van der Waals surface area contributed by atoms with E-state index in [4.69, 9.17) is 0 Å². The Morgan fingerprint density at radius 1 is 1.20 bits per heavy atom. The highest BCUT2D eigenvalue weighted by Gasteiger charge is 2.68. The van der Waals surface area contributed by atoms with Crippen molar-refractivity contribution in [2.24, 2.45) is 28.6 Å². The molecule has 0 radical (unpaired) electrons. The van der Waals surface area contributed by atoms with Crippen molar-refractivity contribution in [1.29, 1.82) is 0 Å². The van der Waals surface area contributed by atoms with Gasteiger partial charge < -0.3 is 5.11 Å².